The van der Waals surface area contributed by atoms with E-state index in [1.165, 1.54) is 12.8 Å². The molecule has 2 atom stereocenters. The Morgan fingerprint density at radius 2 is 2.08 bits per heavy atom. The molecule has 1 amide bonds. The molecule has 0 spiro atoms. The number of carbonyl (C=O) groups excluding carboxylic acids is 1. The molecular weight excluding hydrogens is 324 g/mol. The molecule has 2 aliphatic rings. The van der Waals surface area contributed by atoms with Crippen molar-refractivity contribution in [3.8, 4) is 6.07 Å². The molecule has 1 saturated carbocycles. The molecule has 5 nitrogen and oxygen atoms in total. The van der Waals surface area contributed by atoms with E-state index in [4.69, 9.17) is 5.10 Å². The van der Waals surface area contributed by atoms with Gasteiger partial charge in [-0.2, -0.15) is 10.4 Å². The molecule has 1 aliphatic heterocycles. The summed E-state index contributed by atoms with van der Waals surface area (Å²) in [7, 11) is 0. The third-order valence-electron chi connectivity index (χ3n) is 4.91. The van der Waals surface area contributed by atoms with Crippen LogP contribution in [0.15, 0.2) is 40.6 Å². The van der Waals surface area contributed by atoms with Crippen molar-refractivity contribution >= 4 is 11.6 Å². The van der Waals surface area contributed by atoms with Gasteiger partial charge < -0.3 is 5.32 Å². The van der Waals surface area contributed by atoms with Gasteiger partial charge in [-0.25, -0.2) is 0 Å². The van der Waals surface area contributed by atoms with Crippen molar-refractivity contribution < 1.29 is 4.79 Å². The third-order valence-corrected chi connectivity index (χ3v) is 4.91. The summed E-state index contributed by atoms with van der Waals surface area (Å²) >= 11 is 0. The molecule has 1 aliphatic carbocycles. The lowest BCUT2D eigenvalue weighted by Gasteiger charge is -2.28. The quantitative estimate of drug-likeness (QED) is 0.561. The first-order valence-corrected chi connectivity index (χ1v) is 9.35. The number of carbonyl (C=O) groups is 1. The highest BCUT2D eigenvalue weighted by molar-refractivity contribution is 6.07. The first kappa shape index (κ1) is 20.0. The van der Waals surface area contributed by atoms with E-state index < -0.39 is 0 Å². The monoisotopic (exact) mass is 354 g/mol. The average molecular weight is 354 g/mol. The molecule has 1 heterocycles. The van der Waals surface area contributed by atoms with Crippen LogP contribution in [0, 0.1) is 23.2 Å². The number of amides is 1. The number of rotatable bonds is 7. The number of nitrogens with zero attached hydrogens (tertiary/aromatic N) is 3. The lowest BCUT2D eigenvalue weighted by molar-refractivity contribution is -0.127. The topological polar surface area (TPSA) is 68.5 Å². The Balaban J connectivity index is 2.15. The first-order chi connectivity index (χ1) is 12.3. The molecule has 0 bridgehead atoms. The lowest BCUT2D eigenvalue weighted by atomic mass is 9.92. The van der Waals surface area contributed by atoms with Gasteiger partial charge in [0.1, 0.15) is 6.04 Å². The van der Waals surface area contributed by atoms with Gasteiger partial charge in [0.2, 0.25) is 5.91 Å². The zero-order chi connectivity index (χ0) is 19.4. The minimum absolute atomic E-state index is 0.0376. The Bertz CT molecular complexity index is 700. The van der Waals surface area contributed by atoms with Crippen molar-refractivity contribution in [2.24, 2.45) is 16.9 Å². The van der Waals surface area contributed by atoms with Crippen LogP contribution in [0.3, 0.4) is 0 Å². The van der Waals surface area contributed by atoms with Crippen molar-refractivity contribution in [2.75, 3.05) is 6.54 Å². The SMILES string of the molecule is C=C(/C=C\C(C#N)=C(C)C)C1=NN(C(C)C)C(C(=O)NCC2CC2)C1C. The average Bonchev–Trinajstić information content (AvgIpc) is 3.34. The third kappa shape index (κ3) is 4.63. The fourth-order valence-corrected chi connectivity index (χ4v) is 3.05. The lowest BCUT2D eigenvalue weighted by Crippen LogP contribution is -2.48. The van der Waals surface area contributed by atoms with Gasteiger partial charge in [-0.05, 0) is 58.1 Å². The van der Waals surface area contributed by atoms with E-state index >= 15 is 0 Å². The van der Waals surface area contributed by atoms with Crippen LogP contribution in [0.2, 0.25) is 0 Å². The van der Waals surface area contributed by atoms with Gasteiger partial charge in [-0.1, -0.05) is 25.2 Å². The predicted molar refractivity (Wildman–Crippen MR) is 105 cm³/mol. The summed E-state index contributed by atoms with van der Waals surface area (Å²) in [4.78, 5) is 12.7. The van der Waals surface area contributed by atoms with Gasteiger partial charge in [-0.15, -0.1) is 0 Å². The Hall–Kier alpha value is -2.35. The Labute approximate surface area is 157 Å². The number of hydrazone groups is 1. The van der Waals surface area contributed by atoms with Crippen LogP contribution < -0.4 is 5.32 Å². The number of nitriles is 1. The summed E-state index contributed by atoms with van der Waals surface area (Å²) in [6.07, 6.45) is 6.02. The van der Waals surface area contributed by atoms with Gasteiger partial charge in [0.25, 0.3) is 0 Å². The Kier molecular flexibility index (Phi) is 6.42. The fourth-order valence-electron chi connectivity index (χ4n) is 3.05. The largest absolute Gasteiger partial charge is 0.354 e. The van der Waals surface area contributed by atoms with E-state index in [2.05, 4.69) is 18.0 Å². The second-order valence-corrected chi connectivity index (χ2v) is 7.77. The fraction of sp³-hybridized carbons (Fsp3) is 0.571. The van der Waals surface area contributed by atoms with E-state index in [-0.39, 0.29) is 23.9 Å². The zero-order valence-electron chi connectivity index (χ0n) is 16.5. The highest BCUT2D eigenvalue weighted by Gasteiger charge is 2.41. The molecule has 5 heteroatoms. The van der Waals surface area contributed by atoms with E-state index in [1.807, 2.05) is 45.7 Å². The van der Waals surface area contributed by atoms with Gasteiger partial charge in [0, 0.05) is 18.5 Å². The molecule has 26 heavy (non-hydrogen) atoms. The van der Waals surface area contributed by atoms with Gasteiger partial charge >= 0.3 is 0 Å². The maximum absolute atomic E-state index is 12.7. The summed E-state index contributed by atoms with van der Waals surface area (Å²) in [6, 6.07) is 1.99. The summed E-state index contributed by atoms with van der Waals surface area (Å²) in [5.41, 5.74) is 3.14. The van der Waals surface area contributed by atoms with Crippen molar-refractivity contribution in [3.05, 3.63) is 35.5 Å². The molecule has 2 unspecified atom stereocenters. The molecule has 0 saturated heterocycles. The van der Waals surface area contributed by atoms with E-state index in [0.717, 1.165) is 23.4 Å². The molecule has 0 radical (unpaired) electrons. The highest BCUT2D eigenvalue weighted by Crippen LogP contribution is 2.30. The van der Waals surface area contributed by atoms with Crippen LogP contribution >= 0.6 is 0 Å². The van der Waals surface area contributed by atoms with Gasteiger partial charge in [0.05, 0.1) is 17.4 Å². The van der Waals surface area contributed by atoms with Gasteiger partial charge in [0.15, 0.2) is 0 Å². The molecular formula is C21H30N4O. The smallest absolute Gasteiger partial charge is 0.245 e. The molecule has 1 fully saturated rings. The van der Waals surface area contributed by atoms with Crippen molar-refractivity contribution in [1.82, 2.24) is 10.3 Å². The second kappa shape index (κ2) is 8.35. The van der Waals surface area contributed by atoms with Gasteiger partial charge in [-0.3, -0.25) is 9.80 Å². The zero-order valence-corrected chi connectivity index (χ0v) is 16.5. The maximum Gasteiger partial charge on any atom is 0.245 e. The normalized spacial score (nSPS) is 22.3. The minimum atomic E-state index is -0.312. The minimum Gasteiger partial charge on any atom is -0.354 e. The molecule has 140 valence electrons. The second-order valence-electron chi connectivity index (χ2n) is 7.77. The van der Waals surface area contributed by atoms with E-state index in [0.29, 0.717) is 11.5 Å². The molecule has 2 rings (SSSR count). The highest BCUT2D eigenvalue weighted by atomic mass is 16.2. The van der Waals surface area contributed by atoms with Crippen molar-refractivity contribution in [3.63, 3.8) is 0 Å². The summed E-state index contributed by atoms with van der Waals surface area (Å²) in [5, 5.41) is 18.9. The van der Waals surface area contributed by atoms with Crippen LogP contribution in [-0.4, -0.2) is 35.3 Å². The van der Waals surface area contributed by atoms with Crippen LogP contribution in [0.4, 0.5) is 0 Å². The maximum atomic E-state index is 12.7. The number of nitrogens with one attached hydrogen (secondary N) is 1. The van der Waals surface area contributed by atoms with Crippen molar-refractivity contribution in [1.29, 1.82) is 5.26 Å². The van der Waals surface area contributed by atoms with Crippen LogP contribution in [0.1, 0.15) is 47.5 Å². The Morgan fingerprint density at radius 1 is 1.42 bits per heavy atom. The van der Waals surface area contributed by atoms with E-state index in [1.54, 1.807) is 6.08 Å². The van der Waals surface area contributed by atoms with Crippen molar-refractivity contribution in [2.45, 2.75) is 59.5 Å². The standard InChI is InChI=1S/C21H30N4O/c1-13(2)18(11-22)10-7-15(5)19-16(6)20(25(24-19)14(3)4)21(26)23-12-17-8-9-17/h7,10,14,16-17,20H,5,8-9,12H2,1-4,6H3,(H,23,26)/b10-7-. The summed E-state index contributed by atoms with van der Waals surface area (Å²) in [5.74, 6) is 0.636. The predicted octanol–water partition coefficient (Wildman–Crippen LogP) is 3.57. The molecule has 1 N–H and O–H groups in total. The van der Waals surface area contributed by atoms with Crippen LogP contribution in [0.25, 0.3) is 0 Å². The Morgan fingerprint density at radius 3 is 2.58 bits per heavy atom. The number of hydrogen-bond donors (Lipinski definition) is 1. The molecule has 0 aromatic carbocycles. The van der Waals surface area contributed by atoms with E-state index in [9.17, 15) is 10.1 Å². The number of hydrogen-bond acceptors (Lipinski definition) is 4. The first-order valence-electron chi connectivity index (χ1n) is 9.35. The molecule has 0 aromatic rings. The van der Waals surface area contributed by atoms with Crippen LogP contribution in [0.5, 0.6) is 0 Å². The van der Waals surface area contributed by atoms with Crippen LogP contribution in [-0.2, 0) is 4.79 Å². The number of allylic oxidation sites excluding steroid dienone is 5. The molecule has 0 aromatic heterocycles. The summed E-state index contributed by atoms with van der Waals surface area (Å²) < 4.78 is 0. The summed E-state index contributed by atoms with van der Waals surface area (Å²) in [6.45, 7) is 14.8.